The van der Waals surface area contributed by atoms with Crippen LogP contribution in [-0.2, 0) is 9.53 Å². The summed E-state index contributed by atoms with van der Waals surface area (Å²) in [6, 6.07) is 9.94. The molecule has 4 rings (SSSR count). The third-order valence-electron chi connectivity index (χ3n) is 4.30. The Balaban J connectivity index is 1.39. The van der Waals surface area contributed by atoms with Gasteiger partial charge in [0.1, 0.15) is 0 Å². The van der Waals surface area contributed by atoms with Gasteiger partial charge < -0.3 is 19.5 Å². The van der Waals surface area contributed by atoms with Crippen molar-refractivity contribution in [3.05, 3.63) is 53.3 Å². The lowest BCUT2D eigenvalue weighted by atomic mass is 10.2. The smallest absolute Gasteiger partial charge is 0.338 e. The lowest BCUT2D eigenvalue weighted by Crippen LogP contribution is -2.20. The fourth-order valence-corrected chi connectivity index (χ4v) is 2.74. The van der Waals surface area contributed by atoms with Crippen LogP contribution in [0.1, 0.15) is 21.7 Å². The molecule has 0 spiro atoms. The molecule has 3 aromatic rings. The minimum atomic E-state index is -0.609. The van der Waals surface area contributed by atoms with Crippen LogP contribution in [-0.4, -0.2) is 35.2 Å². The predicted octanol–water partition coefficient (Wildman–Crippen LogP) is 2.77. The van der Waals surface area contributed by atoms with Crippen LogP contribution in [0.2, 0.25) is 0 Å². The van der Waals surface area contributed by atoms with Crippen LogP contribution in [0.25, 0.3) is 11.0 Å². The Labute approximate surface area is 160 Å². The molecule has 0 aliphatic carbocycles. The lowest BCUT2D eigenvalue weighted by Gasteiger charge is -2.08. The van der Waals surface area contributed by atoms with Crippen molar-refractivity contribution < 1.29 is 23.8 Å². The van der Waals surface area contributed by atoms with Gasteiger partial charge in [0.15, 0.2) is 18.1 Å². The first-order valence-electron chi connectivity index (χ1n) is 8.61. The molecule has 8 nitrogen and oxygen atoms in total. The molecule has 142 valence electrons. The van der Waals surface area contributed by atoms with Gasteiger partial charge in [0.05, 0.1) is 28.0 Å². The van der Waals surface area contributed by atoms with Gasteiger partial charge in [0.2, 0.25) is 6.79 Å². The van der Waals surface area contributed by atoms with Gasteiger partial charge in [0, 0.05) is 11.8 Å². The highest BCUT2D eigenvalue weighted by Gasteiger charge is 2.15. The fraction of sp³-hybridized carbons (Fsp3) is 0.200. The number of carbonyl (C=O) groups is 2. The number of amides is 1. The first kappa shape index (κ1) is 17.7. The molecular weight excluding hydrogens is 362 g/mol. The van der Waals surface area contributed by atoms with E-state index in [2.05, 4.69) is 15.3 Å². The summed E-state index contributed by atoms with van der Waals surface area (Å²) < 4.78 is 15.6. The highest BCUT2D eigenvalue weighted by molar-refractivity contribution is 5.97. The van der Waals surface area contributed by atoms with E-state index in [1.165, 1.54) is 0 Å². The summed E-state index contributed by atoms with van der Waals surface area (Å²) in [6.45, 7) is 3.47. The maximum absolute atomic E-state index is 12.3. The first-order valence-corrected chi connectivity index (χ1v) is 8.61. The van der Waals surface area contributed by atoms with E-state index in [1.807, 2.05) is 13.8 Å². The predicted molar refractivity (Wildman–Crippen MR) is 100 cm³/mol. The van der Waals surface area contributed by atoms with Crippen LogP contribution in [0.3, 0.4) is 0 Å². The van der Waals surface area contributed by atoms with E-state index < -0.39 is 18.5 Å². The minimum Gasteiger partial charge on any atom is -0.454 e. The zero-order valence-electron chi connectivity index (χ0n) is 15.3. The summed E-state index contributed by atoms with van der Waals surface area (Å²) in [5.41, 5.74) is 3.75. The van der Waals surface area contributed by atoms with Crippen molar-refractivity contribution in [2.24, 2.45) is 0 Å². The van der Waals surface area contributed by atoms with Crippen LogP contribution in [0.15, 0.2) is 36.4 Å². The molecule has 8 heteroatoms. The molecule has 0 bridgehead atoms. The zero-order valence-corrected chi connectivity index (χ0v) is 15.3. The normalized spacial score (nSPS) is 12.1. The summed E-state index contributed by atoms with van der Waals surface area (Å²) in [5.74, 6) is 0.105. The Morgan fingerprint density at radius 2 is 1.75 bits per heavy atom. The largest absolute Gasteiger partial charge is 0.454 e. The second-order valence-electron chi connectivity index (χ2n) is 6.29. The van der Waals surface area contributed by atoms with Gasteiger partial charge in [-0.2, -0.15) is 0 Å². The topological polar surface area (TPSA) is 99.6 Å². The molecule has 1 aliphatic rings. The summed E-state index contributed by atoms with van der Waals surface area (Å²) in [4.78, 5) is 33.2. The number of benzene rings is 2. The van der Waals surface area contributed by atoms with Gasteiger partial charge in [-0.3, -0.25) is 4.79 Å². The SMILES string of the molecule is Cc1nc2ccc(C(=O)OCC(=O)Nc3ccc4c(c3)OCO4)cc2nc1C. The van der Waals surface area contributed by atoms with Crippen molar-refractivity contribution in [3.63, 3.8) is 0 Å². The van der Waals surface area contributed by atoms with E-state index in [1.54, 1.807) is 36.4 Å². The van der Waals surface area contributed by atoms with Gasteiger partial charge >= 0.3 is 5.97 Å². The molecular formula is C20H17N3O5. The van der Waals surface area contributed by atoms with E-state index in [0.717, 1.165) is 11.4 Å². The highest BCUT2D eigenvalue weighted by atomic mass is 16.7. The number of aromatic nitrogens is 2. The Hall–Kier alpha value is -3.68. The molecule has 1 aromatic heterocycles. The van der Waals surface area contributed by atoms with E-state index in [-0.39, 0.29) is 6.79 Å². The summed E-state index contributed by atoms with van der Waals surface area (Å²) in [5, 5.41) is 2.65. The van der Waals surface area contributed by atoms with Crippen LogP contribution >= 0.6 is 0 Å². The number of aryl methyl sites for hydroxylation is 2. The van der Waals surface area contributed by atoms with E-state index in [0.29, 0.717) is 33.8 Å². The van der Waals surface area contributed by atoms with Gasteiger partial charge in [-0.05, 0) is 44.2 Å². The Kier molecular flexibility index (Phi) is 4.52. The van der Waals surface area contributed by atoms with E-state index >= 15 is 0 Å². The van der Waals surface area contributed by atoms with Crippen LogP contribution < -0.4 is 14.8 Å². The molecule has 0 atom stereocenters. The third kappa shape index (κ3) is 3.57. The minimum absolute atomic E-state index is 0.152. The van der Waals surface area contributed by atoms with Gasteiger partial charge in [-0.15, -0.1) is 0 Å². The Bertz CT molecular complexity index is 1100. The zero-order chi connectivity index (χ0) is 19.7. The molecule has 0 saturated carbocycles. The number of rotatable bonds is 4. The quantitative estimate of drug-likeness (QED) is 0.696. The average molecular weight is 379 g/mol. The maximum Gasteiger partial charge on any atom is 0.338 e. The third-order valence-corrected chi connectivity index (χ3v) is 4.30. The number of anilines is 1. The van der Waals surface area contributed by atoms with E-state index in [4.69, 9.17) is 14.2 Å². The molecule has 1 amide bonds. The van der Waals surface area contributed by atoms with Crippen LogP contribution in [0, 0.1) is 13.8 Å². The fourth-order valence-electron chi connectivity index (χ4n) is 2.74. The monoisotopic (exact) mass is 379 g/mol. The molecule has 1 N–H and O–H groups in total. The number of esters is 1. The van der Waals surface area contributed by atoms with Crippen LogP contribution in [0.5, 0.6) is 11.5 Å². The maximum atomic E-state index is 12.3. The molecule has 0 radical (unpaired) electrons. The molecule has 2 aromatic carbocycles. The Morgan fingerprint density at radius 3 is 2.57 bits per heavy atom. The van der Waals surface area contributed by atoms with Crippen molar-refractivity contribution in [2.45, 2.75) is 13.8 Å². The summed E-state index contributed by atoms with van der Waals surface area (Å²) >= 11 is 0. The second-order valence-corrected chi connectivity index (χ2v) is 6.29. The van der Waals surface area contributed by atoms with Crippen molar-refractivity contribution in [3.8, 4) is 11.5 Å². The molecule has 0 saturated heterocycles. The number of hydrogen-bond acceptors (Lipinski definition) is 7. The Morgan fingerprint density at radius 1 is 1.00 bits per heavy atom. The first-order chi connectivity index (χ1) is 13.5. The molecule has 1 aliphatic heterocycles. The van der Waals surface area contributed by atoms with E-state index in [9.17, 15) is 9.59 Å². The number of nitrogens with zero attached hydrogens (tertiary/aromatic N) is 2. The molecule has 2 heterocycles. The lowest BCUT2D eigenvalue weighted by molar-refractivity contribution is -0.119. The van der Waals surface area contributed by atoms with Gasteiger partial charge in [0.25, 0.3) is 5.91 Å². The number of nitrogens with one attached hydrogen (secondary N) is 1. The molecule has 28 heavy (non-hydrogen) atoms. The average Bonchev–Trinajstić information content (AvgIpc) is 3.14. The van der Waals surface area contributed by atoms with Crippen molar-refractivity contribution in [1.29, 1.82) is 0 Å². The van der Waals surface area contributed by atoms with Crippen molar-refractivity contribution >= 4 is 28.6 Å². The molecule has 0 unspecified atom stereocenters. The summed E-state index contributed by atoms with van der Waals surface area (Å²) in [6.07, 6.45) is 0. The van der Waals surface area contributed by atoms with Crippen molar-refractivity contribution in [2.75, 3.05) is 18.7 Å². The second kappa shape index (κ2) is 7.15. The number of ether oxygens (including phenoxy) is 3. The molecule has 0 fully saturated rings. The van der Waals surface area contributed by atoms with Gasteiger partial charge in [-0.1, -0.05) is 0 Å². The number of carbonyl (C=O) groups excluding carboxylic acids is 2. The standard InChI is InChI=1S/C20H17N3O5/c1-11-12(2)22-16-7-13(3-5-15(16)21-11)20(25)26-9-19(24)23-14-4-6-17-18(8-14)28-10-27-17/h3-8H,9-10H2,1-2H3,(H,23,24). The number of hydrogen-bond donors (Lipinski definition) is 1. The van der Waals surface area contributed by atoms with Gasteiger partial charge in [-0.25, -0.2) is 14.8 Å². The summed E-state index contributed by atoms with van der Waals surface area (Å²) in [7, 11) is 0. The number of fused-ring (bicyclic) bond motifs is 2. The van der Waals surface area contributed by atoms with Crippen molar-refractivity contribution in [1.82, 2.24) is 9.97 Å². The van der Waals surface area contributed by atoms with Crippen LogP contribution in [0.4, 0.5) is 5.69 Å². The highest BCUT2D eigenvalue weighted by Crippen LogP contribution is 2.34.